The Kier molecular flexibility index (Phi) is 10.4. The van der Waals surface area contributed by atoms with Crippen molar-refractivity contribution in [3.05, 3.63) is 0 Å². The number of carbonyl (C=O) groups excluding carboxylic acids is 1. The number of aliphatic hydroxyl groups excluding tert-OH is 1. The van der Waals surface area contributed by atoms with Crippen molar-refractivity contribution in [3.63, 3.8) is 0 Å². The summed E-state index contributed by atoms with van der Waals surface area (Å²) in [5, 5.41) is 11.2. The van der Waals surface area contributed by atoms with E-state index in [-0.39, 0.29) is 12.7 Å². The number of hydrogen-bond acceptors (Lipinski definition) is 6. The Hall–Kier alpha value is -1.33. The van der Waals surface area contributed by atoms with Crippen LogP contribution >= 0.6 is 0 Å². The van der Waals surface area contributed by atoms with Gasteiger partial charge in [0.05, 0.1) is 52.9 Å². The standard InChI is InChI=1S/C19H31NO6/c21-8-10-24-12-14-25-13-11-23-9-7-20-19(22)26-15-18-16-5-3-1-2-4-6-17(16)18/h16-18,21H,3-15H2,(H,20,22)/t16-,17+,18?. The maximum Gasteiger partial charge on any atom is 0.407 e. The van der Waals surface area contributed by atoms with Crippen LogP contribution in [0.4, 0.5) is 4.79 Å². The summed E-state index contributed by atoms with van der Waals surface area (Å²) in [4.78, 5) is 11.7. The minimum absolute atomic E-state index is 0.0231. The summed E-state index contributed by atoms with van der Waals surface area (Å²) in [5.74, 6) is 8.26. The fraction of sp³-hybridized carbons (Fsp3) is 0.842. The molecule has 1 amide bonds. The number of rotatable bonds is 13. The molecule has 0 bridgehead atoms. The Bertz CT molecular complexity index is 443. The van der Waals surface area contributed by atoms with Gasteiger partial charge in [0.15, 0.2) is 0 Å². The third kappa shape index (κ3) is 8.37. The van der Waals surface area contributed by atoms with Crippen LogP contribution in [0.25, 0.3) is 0 Å². The minimum Gasteiger partial charge on any atom is -0.449 e. The maximum absolute atomic E-state index is 11.7. The quantitative estimate of drug-likeness (QED) is 0.375. The van der Waals surface area contributed by atoms with Crippen molar-refractivity contribution in [3.8, 4) is 11.8 Å². The smallest absolute Gasteiger partial charge is 0.407 e. The zero-order chi connectivity index (χ0) is 18.5. The second-order valence-corrected chi connectivity index (χ2v) is 6.51. The van der Waals surface area contributed by atoms with Crippen molar-refractivity contribution < 1.29 is 28.8 Å². The van der Waals surface area contributed by atoms with Crippen LogP contribution in [-0.4, -0.2) is 70.6 Å². The first kappa shape index (κ1) is 21.0. The third-order valence-electron chi connectivity index (χ3n) is 4.74. The minimum atomic E-state index is -0.374. The van der Waals surface area contributed by atoms with Crippen molar-refractivity contribution in [1.82, 2.24) is 5.32 Å². The van der Waals surface area contributed by atoms with Gasteiger partial charge < -0.3 is 29.4 Å². The molecule has 0 aromatic carbocycles. The van der Waals surface area contributed by atoms with Gasteiger partial charge in [0.25, 0.3) is 0 Å². The maximum atomic E-state index is 11.7. The number of carbonyl (C=O) groups is 1. The highest BCUT2D eigenvalue weighted by Crippen LogP contribution is 2.52. The molecule has 1 unspecified atom stereocenters. The average molecular weight is 369 g/mol. The number of aliphatic hydroxyl groups is 1. The van der Waals surface area contributed by atoms with Gasteiger partial charge in [0, 0.05) is 19.4 Å². The van der Waals surface area contributed by atoms with E-state index in [2.05, 4.69) is 17.2 Å². The summed E-state index contributed by atoms with van der Waals surface area (Å²) in [6, 6.07) is 0. The Morgan fingerprint density at radius 3 is 2.12 bits per heavy atom. The van der Waals surface area contributed by atoms with E-state index >= 15 is 0 Å². The molecule has 26 heavy (non-hydrogen) atoms. The Labute approximate surface area is 155 Å². The fourth-order valence-electron chi connectivity index (χ4n) is 3.34. The summed E-state index contributed by atoms with van der Waals surface area (Å²) in [7, 11) is 0. The zero-order valence-corrected chi connectivity index (χ0v) is 15.4. The number of alkyl carbamates (subject to hydrolysis) is 1. The SMILES string of the molecule is O=C(NCCOCCOCCOCCO)OCC1[C@H]2CCC#CCC[C@@H]12. The molecule has 0 aromatic rings. The van der Waals surface area contributed by atoms with E-state index in [0.29, 0.717) is 70.5 Å². The molecule has 7 heteroatoms. The molecule has 148 valence electrons. The van der Waals surface area contributed by atoms with Crippen molar-refractivity contribution in [2.24, 2.45) is 17.8 Å². The Balaban J connectivity index is 1.36. The van der Waals surface area contributed by atoms with Crippen molar-refractivity contribution in [1.29, 1.82) is 0 Å². The lowest BCUT2D eigenvalue weighted by Crippen LogP contribution is -2.29. The highest BCUT2D eigenvalue weighted by molar-refractivity contribution is 5.67. The van der Waals surface area contributed by atoms with Gasteiger partial charge in [-0.3, -0.25) is 0 Å². The highest BCUT2D eigenvalue weighted by Gasteiger charge is 2.49. The lowest BCUT2D eigenvalue weighted by Gasteiger charge is -2.08. The van der Waals surface area contributed by atoms with Crippen LogP contribution < -0.4 is 5.32 Å². The molecule has 3 atom stereocenters. The second-order valence-electron chi connectivity index (χ2n) is 6.51. The van der Waals surface area contributed by atoms with Crippen LogP contribution in [0, 0.1) is 29.6 Å². The van der Waals surface area contributed by atoms with E-state index in [1.165, 1.54) is 0 Å². The van der Waals surface area contributed by atoms with Gasteiger partial charge in [-0.05, 0) is 30.6 Å². The van der Waals surface area contributed by atoms with Crippen molar-refractivity contribution in [2.75, 3.05) is 59.4 Å². The first-order valence-corrected chi connectivity index (χ1v) is 9.53. The first-order chi connectivity index (χ1) is 12.8. The lowest BCUT2D eigenvalue weighted by atomic mass is 10.1. The first-order valence-electron chi connectivity index (χ1n) is 9.53. The predicted octanol–water partition coefficient (Wildman–Crippen LogP) is 1.19. The van der Waals surface area contributed by atoms with E-state index in [4.69, 9.17) is 24.1 Å². The van der Waals surface area contributed by atoms with E-state index in [0.717, 1.165) is 25.7 Å². The van der Waals surface area contributed by atoms with Gasteiger partial charge in [-0.1, -0.05) is 0 Å². The largest absolute Gasteiger partial charge is 0.449 e. The molecule has 0 heterocycles. The molecule has 2 N–H and O–H groups in total. The van der Waals surface area contributed by atoms with E-state index < -0.39 is 0 Å². The summed E-state index contributed by atoms with van der Waals surface area (Å²) < 4.78 is 21.0. The number of hydrogen-bond donors (Lipinski definition) is 2. The number of ether oxygens (including phenoxy) is 4. The van der Waals surface area contributed by atoms with Gasteiger partial charge >= 0.3 is 6.09 Å². The molecular weight excluding hydrogens is 338 g/mol. The van der Waals surface area contributed by atoms with Crippen LogP contribution in [0.5, 0.6) is 0 Å². The van der Waals surface area contributed by atoms with Crippen molar-refractivity contribution in [2.45, 2.75) is 25.7 Å². The zero-order valence-electron chi connectivity index (χ0n) is 15.4. The topological polar surface area (TPSA) is 86.3 Å². The molecule has 0 spiro atoms. The van der Waals surface area contributed by atoms with Gasteiger partial charge in [0.1, 0.15) is 0 Å². The second kappa shape index (κ2) is 12.9. The number of amides is 1. The Morgan fingerprint density at radius 1 is 0.923 bits per heavy atom. The molecule has 2 rings (SSSR count). The number of fused-ring (bicyclic) bond motifs is 1. The van der Waals surface area contributed by atoms with E-state index in [9.17, 15) is 4.79 Å². The van der Waals surface area contributed by atoms with E-state index in [1.54, 1.807) is 0 Å². The van der Waals surface area contributed by atoms with Crippen LogP contribution in [-0.2, 0) is 18.9 Å². The van der Waals surface area contributed by atoms with E-state index in [1.807, 2.05) is 0 Å². The molecule has 2 aliphatic carbocycles. The van der Waals surface area contributed by atoms with Crippen molar-refractivity contribution >= 4 is 6.09 Å². The highest BCUT2D eigenvalue weighted by atomic mass is 16.6. The molecule has 0 radical (unpaired) electrons. The summed E-state index contributed by atoms with van der Waals surface area (Å²) in [5.41, 5.74) is 0. The molecule has 1 fully saturated rings. The molecule has 1 saturated carbocycles. The average Bonchev–Trinajstić information content (AvgIpc) is 3.27. The Morgan fingerprint density at radius 2 is 1.50 bits per heavy atom. The summed E-state index contributed by atoms with van der Waals surface area (Å²) in [6.45, 7) is 3.58. The van der Waals surface area contributed by atoms with Crippen LogP contribution in [0.3, 0.4) is 0 Å². The molecule has 2 aliphatic rings. The predicted molar refractivity (Wildman–Crippen MR) is 95.6 cm³/mol. The molecule has 7 nitrogen and oxygen atoms in total. The monoisotopic (exact) mass is 369 g/mol. The molecule has 0 aromatic heterocycles. The molecular formula is C19H31NO6. The number of nitrogens with one attached hydrogen (secondary N) is 1. The summed E-state index contributed by atoms with van der Waals surface area (Å²) in [6.07, 6.45) is 3.84. The lowest BCUT2D eigenvalue weighted by molar-refractivity contribution is 0.00815. The third-order valence-corrected chi connectivity index (χ3v) is 4.74. The fourth-order valence-corrected chi connectivity index (χ4v) is 3.34. The van der Waals surface area contributed by atoms with Crippen LogP contribution in [0.2, 0.25) is 0 Å². The van der Waals surface area contributed by atoms with Gasteiger partial charge in [-0.15, -0.1) is 11.8 Å². The molecule has 0 aliphatic heterocycles. The van der Waals surface area contributed by atoms with Crippen LogP contribution in [0.1, 0.15) is 25.7 Å². The van der Waals surface area contributed by atoms with Crippen LogP contribution in [0.15, 0.2) is 0 Å². The van der Waals surface area contributed by atoms with Gasteiger partial charge in [0.2, 0.25) is 0 Å². The van der Waals surface area contributed by atoms with Gasteiger partial charge in [-0.25, -0.2) is 4.79 Å². The normalized spacial score (nSPS) is 23.8. The van der Waals surface area contributed by atoms with Gasteiger partial charge in [-0.2, -0.15) is 0 Å². The summed E-state index contributed by atoms with van der Waals surface area (Å²) >= 11 is 0. The molecule has 0 saturated heterocycles.